The lowest BCUT2D eigenvalue weighted by Gasteiger charge is -2.11. The molecule has 0 aromatic carbocycles. The van der Waals surface area contributed by atoms with Crippen molar-refractivity contribution in [1.82, 2.24) is 14.4 Å². The highest BCUT2D eigenvalue weighted by molar-refractivity contribution is 5.79. The fourth-order valence-corrected chi connectivity index (χ4v) is 2.67. The van der Waals surface area contributed by atoms with Gasteiger partial charge in [-0.3, -0.25) is 4.99 Å². The summed E-state index contributed by atoms with van der Waals surface area (Å²) >= 11 is 0. The fourth-order valence-electron chi connectivity index (χ4n) is 2.67. The lowest BCUT2D eigenvalue weighted by molar-refractivity contribution is 0.934. The van der Waals surface area contributed by atoms with E-state index in [0.29, 0.717) is 24.5 Å². The molecule has 5 N–H and O–H groups in total. The lowest BCUT2D eigenvalue weighted by Crippen LogP contribution is -2.07. The summed E-state index contributed by atoms with van der Waals surface area (Å²) in [4.78, 5) is 13.2. The van der Waals surface area contributed by atoms with Crippen LogP contribution in [0.15, 0.2) is 59.6 Å². The molecule has 0 bridgehead atoms. The number of nitrogens with one attached hydrogen (secondary N) is 1. The van der Waals surface area contributed by atoms with E-state index in [4.69, 9.17) is 11.5 Å². The summed E-state index contributed by atoms with van der Waals surface area (Å²) < 4.78 is 1.98. The van der Waals surface area contributed by atoms with Gasteiger partial charge in [-0.1, -0.05) is 13.0 Å². The van der Waals surface area contributed by atoms with Gasteiger partial charge in [-0.05, 0) is 42.0 Å². The molecule has 140 valence electrons. The van der Waals surface area contributed by atoms with Crippen molar-refractivity contribution in [2.45, 2.75) is 26.3 Å². The number of anilines is 2. The standard InChI is InChI=1S/C20H25N7/c1-2-7-23-12-16(11-21)10-17-4-5-18(22)20(26-17)25-13-15-3-6-19-24-8-9-27(19)14-15/h3-6,8-9,11-12,14H,2,7,10,13,21-22H2,1H3,(H,25,26). The van der Waals surface area contributed by atoms with Gasteiger partial charge in [0.15, 0.2) is 0 Å². The summed E-state index contributed by atoms with van der Waals surface area (Å²) in [5.41, 5.74) is 16.3. The van der Waals surface area contributed by atoms with Gasteiger partial charge in [-0.25, -0.2) is 9.97 Å². The number of fused-ring (bicyclic) bond motifs is 1. The van der Waals surface area contributed by atoms with Crippen molar-refractivity contribution in [2.75, 3.05) is 17.6 Å². The molecule has 0 spiro atoms. The monoisotopic (exact) mass is 363 g/mol. The summed E-state index contributed by atoms with van der Waals surface area (Å²) in [5.74, 6) is 0.667. The molecule has 0 aliphatic rings. The number of imidazole rings is 1. The first kappa shape index (κ1) is 18.4. The molecule has 0 amide bonds. The minimum absolute atomic E-state index is 0.611. The van der Waals surface area contributed by atoms with Crippen LogP contribution in [0, 0.1) is 0 Å². The van der Waals surface area contributed by atoms with Crippen LogP contribution < -0.4 is 16.8 Å². The van der Waals surface area contributed by atoms with Crippen LogP contribution in [0.3, 0.4) is 0 Å². The van der Waals surface area contributed by atoms with E-state index in [1.165, 1.54) is 0 Å². The van der Waals surface area contributed by atoms with Crippen LogP contribution >= 0.6 is 0 Å². The van der Waals surface area contributed by atoms with Gasteiger partial charge in [0.25, 0.3) is 0 Å². The van der Waals surface area contributed by atoms with E-state index in [9.17, 15) is 0 Å². The highest BCUT2D eigenvalue weighted by Crippen LogP contribution is 2.18. The quantitative estimate of drug-likeness (QED) is 0.534. The first-order valence-electron chi connectivity index (χ1n) is 9.01. The van der Waals surface area contributed by atoms with Gasteiger partial charge in [0.05, 0.1) is 5.69 Å². The second-order valence-corrected chi connectivity index (χ2v) is 6.28. The van der Waals surface area contributed by atoms with E-state index < -0.39 is 0 Å². The number of pyridine rings is 2. The van der Waals surface area contributed by atoms with E-state index in [-0.39, 0.29) is 0 Å². The van der Waals surface area contributed by atoms with Gasteiger partial charge >= 0.3 is 0 Å². The molecule has 7 nitrogen and oxygen atoms in total. The predicted octanol–water partition coefficient (Wildman–Crippen LogP) is 2.79. The molecule has 0 radical (unpaired) electrons. The molecular formula is C20H25N7. The minimum atomic E-state index is 0.611. The van der Waals surface area contributed by atoms with Crippen LogP contribution in [0.25, 0.3) is 5.65 Å². The summed E-state index contributed by atoms with van der Waals surface area (Å²) in [6, 6.07) is 7.79. The van der Waals surface area contributed by atoms with E-state index in [2.05, 4.69) is 27.2 Å². The van der Waals surface area contributed by atoms with Gasteiger partial charge < -0.3 is 21.2 Å². The Bertz CT molecular complexity index is 956. The van der Waals surface area contributed by atoms with Crippen LogP contribution in [0.2, 0.25) is 0 Å². The second-order valence-electron chi connectivity index (χ2n) is 6.28. The van der Waals surface area contributed by atoms with Gasteiger partial charge in [0, 0.05) is 50.0 Å². The van der Waals surface area contributed by atoms with Gasteiger partial charge in [-0.2, -0.15) is 0 Å². The van der Waals surface area contributed by atoms with Crippen molar-refractivity contribution < 1.29 is 0 Å². The second kappa shape index (κ2) is 8.84. The van der Waals surface area contributed by atoms with Crippen LogP contribution in [-0.2, 0) is 13.0 Å². The van der Waals surface area contributed by atoms with Crippen LogP contribution in [-0.4, -0.2) is 27.1 Å². The topological polar surface area (TPSA) is 107 Å². The van der Waals surface area contributed by atoms with Crippen molar-refractivity contribution in [3.63, 3.8) is 0 Å². The molecular weight excluding hydrogens is 338 g/mol. The lowest BCUT2D eigenvalue weighted by atomic mass is 10.1. The molecule has 27 heavy (non-hydrogen) atoms. The average molecular weight is 363 g/mol. The number of hydrogen-bond acceptors (Lipinski definition) is 6. The Morgan fingerprint density at radius 2 is 2.19 bits per heavy atom. The number of allylic oxidation sites excluding steroid dienone is 1. The van der Waals surface area contributed by atoms with Crippen molar-refractivity contribution in [2.24, 2.45) is 10.7 Å². The Kier molecular flexibility index (Phi) is 6.04. The third kappa shape index (κ3) is 4.84. The molecule has 0 unspecified atom stereocenters. The van der Waals surface area contributed by atoms with Crippen molar-refractivity contribution >= 4 is 23.4 Å². The number of nitrogens with zero attached hydrogens (tertiary/aromatic N) is 4. The zero-order chi connectivity index (χ0) is 19.1. The molecule has 0 saturated carbocycles. The fraction of sp³-hybridized carbons (Fsp3) is 0.250. The Balaban J connectivity index is 1.69. The number of hydrogen-bond donors (Lipinski definition) is 3. The molecule has 0 aliphatic heterocycles. The molecule has 0 fully saturated rings. The van der Waals surface area contributed by atoms with E-state index in [1.807, 2.05) is 47.3 Å². The first-order valence-corrected chi connectivity index (χ1v) is 9.01. The maximum absolute atomic E-state index is 6.08. The Morgan fingerprint density at radius 1 is 1.30 bits per heavy atom. The van der Waals surface area contributed by atoms with Gasteiger partial charge in [0.1, 0.15) is 11.5 Å². The zero-order valence-electron chi connectivity index (χ0n) is 15.5. The molecule has 0 saturated heterocycles. The number of aliphatic imine (C=N–C) groups is 1. The molecule has 0 atom stereocenters. The molecule has 7 heteroatoms. The smallest absolute Gasteiger partial charge is 0.149 e. The highest BCUT2D eigenvalue weighted by atomic mass is 15.0. The number of rotatable bonds is 8. The summed E-state index contributed by atoms with van der Waals surface area (Å²) in [6.07, 6.45) is 10.7. The maximum Gasteiger partial charge on any atom is 0.149 e. The molecule has 3 heterocycles. The molecule has 0 aliphatic carbocycles. The molecule has 3 aromatic rings. The summed E-state index contributed by atoms with van der Waals surface area (Å²) in [7, 11) is 0. The minimum Gasteiger partial charge on any atom is -0.404 e. The van der Waals surface area contributed by atoms with E-state index in [1.54, 1.807) is 12.4 Å². The largest absolute Gasteiger partial charge is 0.404 e. The van der Waals surface area contributed by atoms with Crippen molar-refractivity contribution in [3.05, 3.63) is 65.9 Å². The Labute approximate surface area is 158 Å². The van der Waals surface area contributed by atoms with Crippen LogP contribution in [0.5, 0.6) is 0 Å². The number of nitrogen functional groups attached to an aromatic ring is 1. The van der Waals surface area contributed by atoms with E-state index >= 15 is 0 Å². The van der Waals surface area contributed by atoms with E-state index in [0.717, 1.165) is 35.4 Å². The SMILES string of the molecule is CCCN=CC(=CN)Cc1ccc(N)c(NCc2ccc3nccn3c2)n1. The average Bonchev–Trinajstić information content (AvgIpc) is 3.15. The maximum atomic E-state index is 6.08. The number of aromatic nitrogens is 3. The summed E-state index contributed by atoms with van der Waals surface area (Å²) in [5, 5.41) is 3.32. The third-order valence-electron chi connectivity index (χ3n) is 4.10. The number of nitrogens with two attached hydrogens (primary N) is 2. The van der Waals surface area contributed by atoms with Crippen molar-refractivity contribution in [1.29, 1.82) is 0 Å². The highest BCUT2D eigenvalue weighted by Gasteiger charge is 2.06. The van der Waals surface area contributed by atoms with Crippen LogP contribution in [0.1, 0.15) is 24.6 Å². The predicted molar refractivity (Wildman–Crippen MR) is 111 cm³/mol. The van der Waals surface area contributed by atoms with Gasteiger partial charge in [0.2, 0.25) is 0 Å². The summed E-state index contributed by atoms with van der Waals surface area (Å²) in [6.45, 7) is 3.50. The first-order chi connectivity index (χ1) is 13.2. The third-order valence-corrected chi connectivity index (χ3v) is 4.10. The Hall–Kier alpha value is -3.35. The molecule has 3 rings (SSSR count). The zero-order valence-corrected chi connectivity index (χ0v) is 15.5. The van der Waals surface area contributed by atoms with Crippen LogP contribution in [0.4, 0.5) is 11.5 Å². The van der Waals surface area contributed by atoms with Gasteiger partial charge in [-0.15, -0.1) is 0 Å². The van der Waals surface area contributed by atoms with Crippen molar-refractivity contribution in [3.8, 4) is 0 Å². The Morgan fingerprint density at radius 3 is 3.00 bits per heavy atom. The normalized spacial score (nSPS) is 12.1. The molecule has 3 aromatic heterocycles.